The Labute approximate surface area is 173 Å². The molecule has 30 heavy (non-hydrogen) atoms. The lowest BCUT2D eigenvalue weighted by Gasteiger charge is -2.08. The van der Waals surface area contributed by atoms with Crippen molar-refractivity contribution >= 4 is 22.5 Å². The molecule has 0 atom stereocenters. The lowest BCUT2D eigenvalue weighted by Crippen LogP contribution is -2.14. The number of hydrogen-bond donors (Lipinski definition) is 2. The van der Waals surface area contributed by atoms with Crippen LogP contribution < -0.4 is 5.32 Å². The standard InChI is InChI=1S/C24H19FN4O/c1-15-6-9-22(25)20(10-15)24(30)28-19-8-7-16(2)17(11-19)4-3-5-18-12-26-14-23-21(18)13-27-29-23/h6-14H,5H2,1-2H3,(H,27,29)(H,28,30). The molecule has 0 unspecified atom stereocenters. The van der Waals surface area contributed by atoms with Crippen LogP contribution in [0.5, 0.6) is 0 Å². The van der Waals surface area contributed by atoms with Crippen molar-refractivity contribution in [2.45, 2.75) is 20.3 Å². The van der Waals surface area contributed by atoms with Gasteiger partial charge in [-0.3, -0.25) is 14.9 Å². The summed E-state index contributed by atoms with van der Waals surface area (Å²) in [5, 5.41) is 10.7. The molecule has 2 heterocycles. The molecule has 0 aliphatic carbocycles. The van der Waals surface area contributed by atoms with Crippen molar-refractivity contribution in [3.63, 3.8) is 0 Å². The number of aryl methyl sites for hydroxylation is 2. The number of carbonyl (C=O) groups is 1. The summed E-state index contributed by atoms with van der Waals surface area (Å²) in [5.41, 5.74) is 5.05. The number of H-pyrrole nitrogens is 1. The minimum Gasteiger partial charge on any atom is -0.322 e. The number of amides is 1. The summed E-state index contributed by atoms with van der Waals surface area (Å²) in [6.07, 6.45) is 5.80. The van der Waals surface area contributed by atoms with Crippen molar-refractivity contribution < 1.29 is 9.18 Å². The second-order valence-corrected chi connectivity index (χ2v) is 7.08. The Balaban J connectivity index is 1.54. The Hall–Kier alpha value is -3.98. The molecular formula is C24H19FN4O. The molecular weight excluding hydrogens is 379 g/mol. The minimum absolute atomic E-state index is 0.0175. The fourth-order valence-electron chi connectivity index (χ4n) is 3.14. The number of aromatic nitrogens is 3. The summed E-state index contributed by atoms with van der Waals surface area (Å²) in [7, 11) is 0. The van der Waals surface area contributed by atoms with Crippen LogP contribution in [0.1, 0.15) is 32.6 Å². The number of fused-ring (bicyclic) bond motifs is 1. The van der Waals surface area contributed by atoms with E-state index in [2.05, 4.69) is 32.3 Å². The maximum Gasteiger partial charge on any atom is 0.258 e. The maximum absolute atomic E-state index is 14.0. The lowest BCUT2D eigenvalue weighted by molar-refractivity contribution is 0.102. The van der Waals surface area contributed by atoms with Gasteiger partial charge in [0.05, 0.1) is 23.5 Å². The number of halogens is 1. The van der Waals surface area contributed by atoms with Crippen LogP contribution in [0, 0.1) is 31.5 Å². The van der Waals surface area contributed by atoms with E-state index in [1.54, 1.807) is 36.8 Å². The van der Waals surface area contributed by atoms with Gasteiger partial charge in [-0.25, -0.2) is 4.39 Å². The monoisotopic (exact) mass is 398 g/mol. The molecule has 2 N–H and O–H groups in total. The molecule has 2 aromatic heterocycles. The Morgan fingerprint density at radius 3 is 2.87 bits per heavy atom. The van der Waals surface area contributed by atoms with Gasteiger partial charge < -0.3 is 5.32 Å². The van der Waals surface area contributed by atoms with Crippen molar-refractivity contribution in [3.05, 3.63) is 88.6 Å². The van der Waals surface area contributed by atoms with Crippen LogP contribution in [0.4, 0.5) is 10.1 Å². The predicted molar refractivity (Wildman–Crippen MR) is 115 cm³/mol. The zero-order valence-electron chi connectivity index (χ0n) is 16.6. The van der Waals surface area contributed by atoms with Gasteiger partial charge in [0.25, 0.3) is 5.91 Å². The smallest absolute Gasteiger partial charge is 0.258 e. The quantitative estimate of drug-likeness (QED) is 0.497. The third-order valence-corrected chi connectivity index (χ3v) is 4.81. The molecule has 0 aliphatic heterocycles. The van der Waals surface area contributed by atoms with E-state index < -0.39 is 11.7 Å². The van der Waals surface area contributed by atoms with Gasteiger partial charge in [-0.2, -0.15) is 5.10 Å². The van der Waals surface area contributed by atoms with Gasteiger partial charge in [0, 0.05) is 29.3 Å². The fourth-order valence-corrected chi connectivity index (χ4v) is 3.14. The van der Waals surface area contributed by atoms with E-state index in [0.29, 0.717) is 12.1 Å². The molecule has 6 heteroatoms. The van der Waals surface area contributed by atoms with E-state index in [4.69, 9.17) is 0 Å². The number of rotatable bonds is 3. The number of pyridine rings is 1. The summed E-state index contributed by atoms with van der Waals surface area (Å²) < 4.78 is 14.0. The Kier molecular flexibility index (Phi) is 5.27. The van der Waals surface area contributed by atoms with Crippen LogP contribution >= 0.6 is 0 Å². The summed E-state index contributed by atoms with van der Waals surface area (Å²) >= 11 is 0. The van der Waals surface area contributed by atoms with Crippen LogP contribution in [0.2, 0.25) is 0 Å². The van der Waals surface area contributed by atoms with Gasteiger partial charge in [-0.15, -0.1) is 0 Å². The Bertz CT molecular complexity index is 1310. The Morgan fingerprint density at radius 1 is 1.13 bits per heavy atom. The highest BCUT2D eigenvalue weighted by Crippen LogP contribution is 2.18. The number of carbonyl (C=O) groups excluding carboxylic acids is 1. The average molecular weight is 398 g/mol. The molecule has 0 aliphatic rings. The fraction of sp³-hybridized carbons (Fsp3) is 0.125. The molecule has 148 valence electrons. The van der Waals surface area contributed by atoms with Crippen molar-refractivity contribution in [2.75, 3.05) is 5.32 Å². The van der Waals surface area contributed by atoms with E-state index in [9.17, 15) is 9.18 Å². The molecule has 0 spiro atoms. The van der Waals surface area contributed by atoms with Gasteiger partial charge >= 0.3 is 0 Å². The average Bonchev–Trinajstić information content (AvgIpc) is 3.22. The SMILES string of the molecule is Cc1ccc(F)c(C(=O)Nc2ccc(C)c(C#CCc3cncc4[nH]ncc34)c2)c1. The molecule has 0 saturated heterocycles. The van der Waals surface area contributed by atoms with Gasteiger partial charge in [0.2, 0.25) is 0 Å². The maximum atomic E-state index is 14.0. The topological polar surface area (TPSA) is 70.7 Å². The van der Waals surface area contributed by atoms with Crippen LogP contribution in [0.3, 0.4) is 0 Å². The molecule has 0 radical (unpaired) electrons. The highest BCUT2D eigenvalue weighted by atomic mass is 19.1. The van der Waals surface area contributed by atoms with E-state index in [1.165, 1.54) is 12.1 Å². The van der Waals surface area contributed by atoms with E-state index in [0.717, 1.165) is 33.2 Å². The van der Waals surface area contributed by atoms with Gasteiger partial charge in [0.1, 0.15) is 5.82 Å². The van der Waals surface area contributed by atoms with Gasteiger partial charge in [0.15, 0.2) is 0 Å². The number of hydrogen-bond acceptors (Lipinski definition) is 3. The zero-order valence-corrected chi connectivity index (χ0v) is 16.6. The molecule has 5 nitrogen and oxygen atoms in total. The second-order valence-electron chi connectivity index (χ2n) is 7.08. The molecule has 0 bridgehead atoms. The summed E-state index contributed by atoms with van der Waals surface area (Å²) in [5.74, 6) is 5.29. The van der Waals surface area contributed by atoms with Crippen molar-refractivity contribution in [1.82, 2.24) is 15.2 Å². The molecule has 4 rings (SSSR count). The Morgan fingerprint density at radius 2 is 2.00 bits per heavy atom. The molecule has 2 aromatic carbocycles. The lowest BCUT2D eigenvalue weighted by atomic mass is 10.1. The van der Waals surface area contributed by atoms with Crippen molar-refractivity contribution in [2.24, 2.45) is 0 Å². The number of nitrogens with one attached hydrogen (secondary N) is 2. The number of nitrogens with zero attached hydrogens (tertiary/aromatic N) is 2. The first kappa shape index (κ1) is 19.3. The third kappa shape index (κ3) is 4.06. The predicted octanol–water partition coefficient (Wildman–Crippen LogP) is 4.56. The minimum atomic E-state index is -0.549. The van der Waals surface area contributed by atoms with E-state index in [1.807, 2.05) is 19.9 Å². The summed E-state index contributed by atoms with van der Waals surface area (Å²) in [4.78, 5) is 16.7. The van der Waals surface area contributed by atoms with Crippen molar-refractivity contribution in [3.8, 4) is 11.8 Å². The second kappa shape index (κ2) is 8.18. The molecule has 0 fully saturated rings. The molecule has 4 aromatic rings. The van der Waals surface area contributed by atoms with Gasteiger partial charge in [-0.1, -0.05) is 29.5 Å². The zero-order chi connectivity index (χ0) is 21.1. The first-order chi connectivity index (χ1) is 14.5. The highest BCUT2D eigenvalue weighted by Gasteiger charge is 2.12. The number of aromatic amines is 1. The largest absolute Gasteiger partial charge is 0.322 e. The highest BCUT2D eigenvalue weighted by molar-refractivity contribution is 6.04. The third-order valence-electron chi connectivity index (χ3n) is 4.81. The van der Waals surface area contributed by atoms with Crippen LogP contribution in [-0.4, -0.2) is 21.1 Å². The number of benzene rings is 2. The van der Waals surface area contributed by atoms with Gasteiger partial charge in [-0.05, 0) is 49.2 Å². The van der Waals surface area contributed by atoms with Crippen molar-refractivity contribution in [1.29, 1.82) is 0 Å². The summed E-state index contributed by atoms with van der Waals surface area (Å²) in [6, 6.07) is 9.92. The first-order valence-electron chi connectivity index (χ1n) is 9.44. The summed E-state index contributed by atoms with van der Waals surface area (Å²) in [6.45, 7) is 3.77. The molecule has 0 saturated carbocycles. The van der Waals surface area contributed by atoms with E-state index in [-0.39, 0.29) is 5.56 Å². The number of anilines is 1. The normalized spacial score (nSPS) is 10.5. The van der Waals surface area contributed by atoms with E-state index >= 15 is 0 Å². The van der Waals surface area contributed by atoms with Crippen LogP contribution in [0.25, 0.3) is 10.9 Å². The van der Waals surface area contributed by atoms with Crippen LogP contribution in [0.15, 0.2) is 55.0 Å². The van der Waals surface area contributed by atoms with Crippen LogP contribution in [-0.2, 0) is 6.42 Å². The molecule has 1 amide bonds. The first-order valence-corrected chi connectivity index (χ1v) is 9.44.